The van der Waals surface area contributed by atoms with E-state index in [0.29, 0.717) is 19.1 Å². The minimum atomic E-state index is 0.0366. The van der Waals surface area contributed by atoms with Crippen LogP contribution in [0.25, 0.3) is 0 Å². The van der Waals surface area contributed by atoms with E-state index in [4.69, 9.17) is 0 Å². The number of para-hydroxylation sites is 1. The minimum absolute atomic E-state index is 0.0366. The van der Waals surface area contributed by atoms with Crippen molar-refractivity contribution in [3.8, 4) is 0 Å². The largest absolute Gasteiger partial charge is 0.339 e. The van der Waals surface area contributed by atoms with E-state index in [-0.39, 0.29) is 11.8 Å². The first kappa shape index (κ1) is 21.8. The van der Waals surface area contributed by atoms with E-state index < -0.39 is 0 Å². The Hall–Kier alpha value is -1.92. The van der Waals surface area contributed by atoms with Gasteiger partial charge in [-0.1, -0.05) is 32.0 Å². The fourth-order valence-electron chi connectivity index (χ4n) is 4.48. The number of anilines is 1. The van der Waals surface area contributed by atoms with Gasteiger partial charge in [0.25, 0.3) is 0 Å². The van der Waals surface area contributed by atoms with E-state index in [0.717, 1.165) is 69.7 Å². The van der Waals surface area contributed by atoms with Gasteiger partial charge in [0.05, 0.1) is 13.1 Å². The van der Waals surface area contributed by atoms with Gasteiger partial charge in [0, 0.05) is 44.5 Å². The Kier molecular flexibility index (Phi) is 8.07. The van der Waals surface area contributed by atoms with Gasteiger partial charge in [-0.2, -0.15) is 0 Å². The maximum Gasteiger partial charge on any atom is 0.238 e. The second-order valence-electron chi connectivity index (χ2n) is 8.26. The van der Waals surface area contributed by atoms with E-state index in [2.05, 4.69) is 39.9 Å². The number of hydrogen-bond donors (Lipinski definition) is 1. The van der Waals surface area contributed by atoms with Crippen LogP contribution in [0.1, 0.15) is 45.1 Å². The number of carbonyl (C=O) groups is 2. The fourth-order valence-corrected chi connectivity index (χ4v) is 4.48. The van der Waals surface area contributed by atoms with Crippen molar-refractivity contribution < 1.29 is 9.59 Å². The van der Waals surface area contributed by atoms with Gasteiger partial charge in [-0.3, -0.25) is 19.4 Å². The molecule has 160 valence electrons. The Morgan fingerprint density at radius 1 is 0.966 bits per heavy atom. The summed E-state index contributed by atoms with van der Waals surface area (Å²) in [4.78, 5) is 31.7. The molecule has 2 amide bonds. The second-order valence-corrected chi connectivity index (χ2v) is 8.26. The van der Waals surface area contributed by atoms with Crippen LogP contribution in [0.2, 0.25) is 0 Å². The van der Waals surface area contributed by atoms with Gasteiger partial charge in [-0.15, -0.1) is 0 Å². The maximum atomic E-state index is 12.8. The topological polar surface area (TPSA) is 55.9 Å². The molecule has 2 heterocycles. The van der Waals surface area contributed by atoms with E-state index in [1.165, 1.54) is 6.42 Å². The smallest absolute Gasteiger partial charge is 0.238 e. The molecule has 1 unspecified atom stereocenters. The van der Waals surface area contributed by atoms with Crippen LogP contribution >= 0.6 is 0 Å². The number of nitrogens with zero attached hydrogens (tertiary/aromatic N) is 3. The van der Waals surface area contributed by atoms with Gasteiger partial charge < -0.3 is 10.2 Å². The van der Waals surface area contributed by atoms with Gasteiger partial charge in [-0.25, -0.2) is 0 Å². The fraction of sp³-hybridized carbons (Fsp3) is 0.652. The Balaban J connectivity index is 1.42. The third-order valence-electron chi connectivity index (χ3n) is 6.28. The summed E-state index contributed by atoms with van der Waals surface area (Å²) < 4.78 is 0. The van der Waals surface area contributed by atoms with Crippen molar-refractivity contribution in [1.29, 1.82) is 0 Å². The van der Waals surface area contributed by atoms with Gasteiger partial charge in [0.15, 0.2) is 0 Å². The Labute approximate surface area is 175 Å². The van der Waals surface area contributed by atoms with Gasteiger partial charge >= 0.3 is 0 Å². The number of nitrogens with one attached hydrogen (secondary N) is 1. The lowest BCUT2D eigenvalue weighted by Crippen LogP contribution is -2.53. The highest BCUT2D eigenvalue weighted by Crippen LogP contribution is 2.20. The molecule has 2 aliphatic heterocycles. The molecule has 3 rings (SSSR count). The number of amides is 2. The van der Waals surface area contributed by atoms with E-state index >= 15 is 0 Å². The molecular formula is C23H36N4O2. The summed E-state index contributed by atoms with van der Waals surface area (Å²) in [7, 11) is 0. The van der Waals surface area contributed by atoms with Crippen LogP contribution in [-0.2, 0) is 16.0 Å². The number of carbonyl (C=O) groups excluding carboxylic acids is 2. The van der Waals surface area contributed by atoms with Crippen LogP contribution in [-0.4, -0.2) is 78.4 Å². The summed E-state index contributed by atoms with van der Waals surface area (Å²) in [5.74, 6) is 0.313. The van der Waals surface area contributed by atoms with Crippen LogP contribution in [0.5, 0.6) is 0 Å². The highest BCUT2D eigenvalue weighted by atomic mass is 16.2. The molecule has 0 spiro atoms. The molecule has 2 saturated heterocycles. The predicted octanol–water partition coefficient (Wildman–Crippen LogP) is 2.60. The summed E-state index contributed by atoms with van der Waals surface area (Å²) in [6.45, 7) is 9.45. The standard InChI is InChI=1S/C23H36N4O2/c1-3-19-9-5-6-11-21(19)24-22(28)17-25-13-15-26(16-14-25)18-23(29)27-12-8-7-10-20(27)4-2/h5-6,9,11,20H,3-4,7-8,10,12-18H2,1-2H3,(H,24,28). The molecular weight excluding hydrogens is 364 g/mol. The highest BCUT2D eigenvalue weighted by molar-refractivity contribution is 5.93. The molecule has 29 heavy (non-hydrogen) atoms. The minimum Gasteiger partial charge on any atom is -0.339 e. The zero-order valence-electron chi connectivity index (χ0n) is 18.0. The molecule has 6 heteroatoms. The average molecular weight is 401 g/mol. The second kappa shape index (κ2) is 10.7. The number of piperidine rings is 1. The molecule has 6 nitrogen and oxygen atoms in total. The van der Waals surface area contributed by atoms with Crippen molar-refractivity contribution in [1.82, 2.24) is 14.7 Å². The van der Waals surface area contributed by atoms with Crippen LogP contribution in [0.15, 0.2) is 24.3 Å². The zero-order valence-corrected chi connectivity index (χ0v) is 18.0. The third-order valence-corrected chi connectivity index (χ3v) is 6.28. The molecule has 0 aliphatic carbocycles. The molecule has 1 atom stereocenters. The molecule has 0 radical (unpaired) electrons. The van der Waals surface area contributed by atoms with Gasteiger partial charge in [-0.05, 0) is 43.7 Å². The van der Waals surface area contributed by atoms with Crippen molar-refractivity contribution in [2.45, 2.75) is 52.0 Å². The summed E-state index contributed by atoms with van der Waals surface area (Å²) in [6.07, 6.45) is 5.47. The van der Waals surface area contributed by atoms with Crippen molar-refractivity contribution in [3.63, 3.8) is 0 Å². The summed E-state index contributed by atoms with van der Waals surface area (Å²) in [5, 5.41) is 3.05. The molecule has 0 aromatic heterocycles. The van der Waals surface area contributed by atoms with Gasteiger partial charge in [0.2, 0.25) is 11.8 Å². The summed E-state index contributed by atoms with van der Waals surface area (Å²) in [6, 6.07) is 8.39. The Morgan fingerprint density at radius 2 is 1.66 bits per heavy atom. The average Bonchev–Trinajstić information content (AvgIpc) is 2.75. The highest BCUT2D eigenvalue weighted by Gasteiger charge is 2.28. The summed E-state index contributed by atoms with van der Waals surface area (Å²) in [5.41, 5.74) is 2.07. The lowest BCUT2D eigenvalue weighted by molar-refractivity contribution is -0.136. The van der Waals surface area contributed by atoms with Crippen LogP contribution in [0, 0.1) is 0 Å². The lowest BCUT2D eigenvalue weighted by Gasteiger charge is -2.38. The molecule has 2 fully saturated rings. The number of likely N-dealkylation sites (tertiary alicyclic amines) is 1. The van der Waals surface area contributed by atoms with Crippen molar-refractivity contribution in [2.75, 3.05) is 51.1 Å². The van der Waals surface area contributed by atoms with Crippen LogP contribution < -0.4 is 5.32 Å². The predicted molar refractivity (Wildman–Crippen MR) is 117 cm³/mol. The first-order valence-electron chi connectivity index (χ1n) is 11.2. The summed E-state index contributed by atoms with van der Waals surface area (Å²) >= 11 is 0. The van der Waals surface area contributed by atoms with Gasteiger partial charge in [0.1, 0.15) is 0 Å². The number of hydrogen-bond acceptors (Lipinski definition) is 4. The lowest BCUT2D eigenvalue weighted by atomic mass is 10.00. The van der Waals surface area contributed by atoms with Crippen molar-refractivity contribution in [2.24, 2.45) is 0 Å². The van der Waals surface area contributed by atoms with E-state index in [1.54, 1.807) is 0 Å². The molecule has 1 aromatic carbocycles. The quantitative estimate of drug-likeness (QED) is 0.764. The number of benzene rings is 1. The molecule has 1 aromatic rings. The van der Waals surface area contributed by atoms with Crippen molar-refractivity contribution in [3.05, 3.63) is 29.8 Å². The number of aryl methyl sites for hydroxylation is 1. The molecule has 1 N–H and O–H groups in total. The van der Waals surface area contributed by atoms with E-state index in [9.17, 15) is 9.59 Å². The monoisotopic (exact) mass is 400 g/mol. The van der Waals surface area contributed by atoms with Crippen molar-refractivity contribution >= 4 is 17.5 Å². The first-order chi connectivity index (χ1) is 14.1. The molecule has 0 saturated carbocycles. The van der Waals surface area contributed by atoms with Crippen LogP contribution in [0.3, 0.4) is 0 Å². The Bertz CT molecular complexity index is 685. The first-order valence-corrected chi connectivity index (χ1v) is 11.2. The number of piperazine rings is 1. The maximum absolute atomic E-state index is 12.8. The van der Waals surface area contributed by atoms with Crippen LogP contribution in [0.4, 0.5) is 5.69 Å². The number of rotatable bonds is 7. The van der Waals surface area contributed by atoms with E-state index in [1.807, 2.05) is 18.2 Å². The zero-order chi connectivity index (χ0) is 20.6. The third kappa shape index (κ3) is 6.03. The Morgan fingerprint density at radius 3 is 2.34 bits per heavy atom. The SMILES string of the molecule is CCc1ccccc1NC(=O)CN1CCN(CC(=O)N2CCCCC2CC)CC1. The molecule has 0 bridgehead atoms. The normalized spacial score (nSPS) is 21.2. The molecule has 2 aliphatic rings.